The predicted molar refractivity (Wildman–Crippen MR) is 126 cm³/mol. The third-order valence-electron chi connectivity index (χ3n) is 4.69. The van der Waals surface area contributed by atoms with Gasteiger partial charge in [-0.1, -0.05) is 19.9 Å². The number of amides is 3. The maximum atomic E-state index is 12.4. The Morgan fingerprint density at radius 3 is 2.48 bits per heavy atom. The van der Waals surface area contributed by atoms with E-state index in [0.717, 1.165) is 10.6 Å². The van der Waals surface area contributed by atoms with Gasteiger partial charge in [-0.05, 0) is 36.6 Å². The van der Waals surface area contributed by atoms with E-state index in [1.54, 1.807) is 36.0 Å². The number of aromatic nitrogens is 3. The van der Waals surface area contributed by atoms with Crippen LogP contribution >= 0.6 is 11.3 Å². The monoisotopic (exact) mass is 470 g/mol. The fraction of sp³-hybridized carbons (Fsp3) is 0.318. The highest BCUT2D eigenvalue weighted by Gasteiger charge is 2.24. The zero-order valence-corrected chi connectivity index (χ0v) is 19.1. The van der Waals surface area contributed by atoms with Crippen LogP contribution < -0.4 is 10.6 Å². The van der Waals surface area contributed by atoms with Crippen LogP contribution in [0.4, 0.5) is 21.2 Å². The van der Waals surface area contributed by atoms with E-state index in [9.17, 15) is 19.8 Å². The van der Waals surface area contributed by atoms with Crippen LogP contribution in [-0.4, -0.2) is 54.8 Å². The highest BCUT2D eigenvalue weighted by Crippen LogP contribution is 2.25. The second-order valence-electron chi connectivity index (χ2n) is 7.74. The van der Waals surface area contributed by atoms with E-state index in [-0.39, 0.29) is 24.9 Å². The van der Waals surface area contributed by atoms with Gasteiger partial charge in [0, 0.05) is 23.3 Å². The highest BCUT2D eigenvalue weighted by atomic mass is 32.1. The number of urea groups is 1. The SMILES string of the molecule is CC(C)CC(CO)N(Cc1cccc(NC(=O)Nc2csc(-c3ccncc3)n2)n1)C(=O)O. The minimum absolute atomic E-state index is 0.00814. The number of carboxylic acid groups (broad SMARTS) is 1. The minimum Gasteiger partial charge on any atom is -0.465 e. The van der Waals surface area contributed by atoms with Crippen molar-refractivity contribution in [1.82, 2.24) is 19.9 Å². The summed E-state index contributed by atoms with van der Waals surface area (Å²) >= 11 is 1.39. The molecule has 0 spiro atoms. The van der Waals surface area contributed by atoms with Crippen molar-refractivity contribution >= 4 is 35.1 Å². The molecule has 0 fully saturated rings. The van der Waals surface area contributed by atoms with Crippen molar-refractivity contribution in [3.8, 4) is 10.6 Å². The van der Waals surface area contributed by atoms with Crippen molar-refractivity contribution in [2.75, 3.05) is 17.2 Å². The highest BCUT2D eigenvalue weighted by molar-refractivity contribution is 7.13. The molecular weight excluding hydrogens is 444 g/mol. The number of anilines is 2. The van der Waals surface area contributed by atoms with Crippen LogP contribution in [0.25, 0.3) is 10.6 Å². The van der Waals surface area contributed by atoms with E-state index in [4.69, 9.17) is 0 Å². The molecule has 0 radical (unpaired) electrons. The summed E-state index contributed by atoms with van der Waals surface area (Å²) < 4.78 is 0. The number of rotatable bonds is 9. The molecule has 3 aromatic heterocycles. The van der Waals surface area contributed by atoms with Gasteiger partial charge in [0.05, 0.1) is 24.9 Å². The Bertz CT molecular complexity index is 1080. The van der Waals surface area contributed by atoms with Gasteiger partial charge in [-0.25, -0.2) is 19.6 Å². The molecule has 0 aliphatic rings. The summed E-state index contributed by atoms with van der Waals surface area (Å²) in [5, 5.41) is 27.1. The molecule has 0 aliphatic carbocycles. The molecule has 0 saturated carbocycles. The number of thiazole rings is 1. The van der Waals surface area contributed by atoms with Gasteiger partial charge in [-0.3, -0.25) is 20.5 Å². The molecule has 4 N–H and O–H groups in total. The number of nitrogens with zero attached hydrogens (tertiary/aromatic N) is 4. The van der Waals surface area contributed by atoms with Crippen molar-refractivity contribution in [3.63, 3.8) is 0 Å². The second kappa shape index (κ2) is 11.3. The van der Waals surface area contributed by atoms with E-state index >= 15 is 0 Å². The lowest BCUT2D eigenvalue weighted by Crippen LogP contribution is -2.42. The lowest BCUT2D eigenvalue weighted by Gasteiger charge is -2.29. The topological polar surface area (TPSA) is 141 Å². The van der Waals surface area contributed by atoms with E-state index < -0.39 is 18.2 Å². The second-order valence-corrected chi connectivity index (χ2v) is 8.60. The van der Waals surface area contributed by atoms with Gasteiger partial charge in [0.25, 0.3) is 0 Å². The fourth-order valence-electron chi connectivity index (χ4n) is 3.23. The third-order valence-corrected chi connectivity index (χ3v) is 5.59. The molecule has 3 aromatic rings. The molecule has 0 saturated heterocycles. The van der Waals surface area contributed by atoms with Crippen LogP contribution in [0.1, 0.15) is 26.0 Å². The zero-order chi connectivity index (χ0) is 23.8. The average Bonchev–Trinajstić information content (AvgIpc) is 3.25. The van der Waals surface area contributed by atoms with Crippen molar-refractivity contribution < 1.29 is 19.8 Å². The molecule has 3 amide bonds. The Labute approximate surface area is 195 Å². The molecule has 0 bridgehead atoms. The lowest BCUT2D eigenvalue weighted by molar-refractivity contribution is 0.0837. The van der Waals surface area contributed by atoms with Crippen LogP contribution in [0.5, 0.6) is 0 Å². The first-order valence-electron chi connectivity index (χ1n) is 10.4. The molecular formula is C22H26N6O4S. The minimum atomic E-state index is -1.14. The third kappa shape index (κ3) is 6.96. The molecule has 11 heteroatoms. The summed E-state index contributed by atoms with van der Waals surface area (Å²) in [4.78, 5) is 38.0. The van der Waals surface area contributed by atoms with Crippen LogP contribution in [0.3, 0.4) is 0 Å². The van der Waals surface area contributed by atoms with E-state index in [1.807, 2.05) is 26.0 Å². The molecule has 3 heterocycles. The quantitative estimate of drug-likeness (QED) is 0.368. The fourth-order valence-corrected chi connectivity index (χ4v) is 3.99. The summed E-state index contributed by atoms with van der Waals surface area (Å²) in [6, 6.07) is 7.57. The Morgan fingerprint density at radius 1 is 1.09 bits per heavy atom. The number of aliphatic hydroxyl groups is 1. The maximum absolute atomic E-state index is 12.4. The number of aliphatic hydroxyl groups excluding tert-OH is 1. The first-order chi connectivity index (χ1) is 15.9. The van der Waals surface area contributed by atoms with Crippen LogP contribution in [0.2, 0.25) is 0 Å². The van der Waals surface area contributed by atoms with Crippen LogP contribution in [0, 0.1) is 5.92 Å². The Kier molecular flexibility index (Phi) is 8.28. The Hall–Kier alpha value is -3.57. The summed E-state index contributed by atoms with van der Waals surface area (Å²) in [5.41, 5.74) is 1.35. The number of hydrogen-bond acceptors (Lipinski definition) is 7. The van der Waals surface area contributed by atoms with E-state index in [2.05, 4.69) is 25.6 Å². The summed E-state index contributed by atoms with van der Waals surface area (Å²) in [6.45, 7) is 3.64. The molecule has 3 rings (SSSR count). The average molecular weight is 471 g/mol. The zero-order valence-electron chi connectivity index (χ0n) is 18.3. The maximum Gasteiger partial charge on any atom is 0.407 e. The van der Waals surface area contributed by atoms with Crippen LogP contribution in [-0.2, 0) is 6.54 Å². The lowest BCUT2D eigenvalue weighted by atomic mass is 10.0. The summed E-state index contributed by atoms with van der Waals surface area (Å²) in [5.74, 6) is 0.889. The van der Waals surface area contributed by atoms with Gasteiger partial charge in [0.1, 0.15) is 16.6 Å². The van der Waals surface area contributed by atoms with Crippen molar-refractivity contribution in [3.05, 3.63) is 53.8 Å². The number of carbonyl (C=O) groups is 2. The van der Waals surface area contributed by atoms with Gasteiger partial charge in [-0.15, -0.1) is 11.3 Å². The van der Waals surface area contributed by atoms with Crippen molar-refractivity contribution in [2.45, 2.75) is 32.9 Å². The Balaban J connectivity index is 1.64. The van der Waals surface area contributed by atoms with Gasteiger partial charge in [-0.2, -0.15) is 0 Å². The summed E-state index contributed by atoms with van der Waals surface area (Å²) in [6.07, 6.45) is 2.73. The van der Waals surface area contributed by atoms with E-state index in [0.29, 0.717) is 17.9 Å². The van der Waals surface area contributed by atoms with Crippen LogP contribution in [0.15, 0.2) is 48.1 Å². The molecule has 10 nitrogen and oxygen atoms in total. The summed E-state index contributed by atoms with van der Waals surface area (Å²) in [7, 11) is 0. The number of hydrogen-bond donors (Lipinski definition) is 4. The predicted octanol–water partition coefficient (Wildman–Crippen LogP) is 4.13. The number of pyridine rings is 2. The molecule has 174 valence electrons. The molecule has 1 atom stereocenters. The standard InChI is InChI=1S/C22H26N6O4S/c1-14(2)10-17(12-29)28(22(31)32)11-16-4-3-5-18(24-16)26-21(30)27-19-13-33-20(25-19)15-6-8-23-9-7-15/h3-9,13-14,17,29H,10-12H2,1-2H3,(H,31,32)(H2,24,26,27,30). The normalized spacial score (nSPS) is 11.8. The van der Waals surface area contributed by atoms with Gasteiger partial charge in [0.2, 0.25) is 0 Å². The van der Waals surface area contributed by atoms with Gasteiger partial charge in [0.15, 0.2) is 0 Å². The molecule has 1 unspecified atom stereocenters. The van der Waals surface area contributed by atoms with Gasteiger partial charge >= 0.3 is 12.1 Å². The number of carbonyl (C=O) groups excluding carboxylic acids is 1. The number of nitrogens with one attached hydrogen (secondary N) is 2. The van der Waals surface area contributed by atoms with Crippen molar-refractivity contribution in [1.29, 1.82) is 0 Å². The first-order valence-corrected chi connectivity index (χ1v) is 11.2. The van der Waals surface area contributed by atoms with Crippen molar-refractivity contribution in [2.24, 2.45) is 5.92 Å². The van der Waals surface area contributed by atoms with Gasteiger partial charge < -0.3 is 10.2 Å². The smallest absolute Gasteiger partial charge is 0.407 e. The Morgan fingerprint density at radius 2 is 1.82 bits per heavy atom. The molecule has 33 heavy (non-hydrogen) atoms. The molecule has 0 aliphatic heterocycles. The molecule has 0 aromatic carbocycles. The largest absolute Gasteiger partial charge is 0.465 e. The first kappa shape index (κ1) is 24.1. The van der Waals surface area contributed by atoms with E-state index in [1.165, 1.54) is 16.2 Å².